The molecule has 0 atom stereocenters. The van der Waals surface area contributed by atoms with Crippen LogP contribution in [0.2, 0.25) is 0 Å². The average Bonchev–Trinajstić information content (AvgIpc) is 2.86. The van der Waals surface area contributed by atoms with Crippen LogP contribution >= 0.6 is 23.5 Å². The van der Waals surface area contributed by atoms with Crippen molar-refractivity contribution in [2.24, 2.45) is 0 Å². The summed E-state index contributed by atoms with van der Waals surface area (Å²) in [6.45, 7) is 2.63. The van der Waals surface area contributed by atoms with Gasteiger partial charge in [0.1, 0.15) is 0 Å². The van der Waals surface area contributed by atoms with Crippen LogP contribution in [-0.4, -0.2) is 27.0 Å². The van der Waals surface area contributed by atoms with Gasteiger partial charge < -0.3 is 5.32 Å². The third kappa shape index (κ3) is 4.94. The SMILES string of the molecule is Cc1nsnc1CSCC(=O)NCCc1ccccc1. The van der Waals surface area contributed by atoms with Gasteiger partial charge >= 0.3 is 0 Å². The quantitative estimate of drug-likeness (QED) is 0.853. The second-order valence-corrected chi connectivity index (χ2v) is 5.89. The molecule has 0 saturated heterocycles. The first-order valence-electron chi connectivity index (χ1n) is 6.42. The number of rotatable bonds is 7. The van der Waals surface area contributed by atoms with Gasteiger partial charge in [-0.3, -0.25) is 4.79 Å². The van der Waals surface area contributed by atoms with Crippen LogP contribution in [0, 0.1) is 6.92 Å². The van der Waals surface area contributed by atoms with Gasteiger partial charge in [0.15, 0.2) is 0 Å². The van der Waals surface area contributed by atoms with Crippen LogP contribution in [0.5, 0.6) is 0 Å². The number of aromatic nitrogens is 2. The monoisotopic (exact) mass is 307 g/mol. The summed E-state index contributed by atoms with van der Waals surface area (Å²) in [7, 11) is 0. The Morgan fingerprint density at radius 3 is 2.80 bits per heavy atom. The Morgan fingerprint density at radius 1 is 1.30 bits per heavy atom. The topological polar surface area (TPSA) is 54.9 Å². The van der Waals surface area contributed by atoms with E-state index < -0.39 is 0 Å². The largest absolute Gasteiger partial charge is 0.355 e. The molecule has 0 fully saturated rings. The lowest BCUT2D eigenvalue weighted by atomic mass is 10.1. The van der Waals surface area contributed by atoms with Crippen LogP contribution < -0.4 is 5.32 Å². The molecular formula is C14H17N3OS2. The number of hydrogen-bond donors (Lipinski definition) is 1. The molecule has 0 aliphatic carbocycles. The molecule has 1 amide bonds. The summed E-state index contributed by atoms with van der Waals surface area (Å²) in [4.78, 5) is 11.7. The number of thioether (sulfide) groups is 1. The Hall–Kier alpha value is -1.40. The van der Waals surface area contributed by atoms with Crippen molar-refractivity contribution < 1.29 is 4.79 Å². The minimum Gasteiger partial charge on any atom is -0.355 e. The molecule has 4 nitrogen and oxygen atoms in total. The molecule has 0 radical (unpaired) electrons. The molecule has 0 aliphatic heterocycles. The fraction of sp³-hybridized carbons (Fsp3) is 0.357. The van der Waals surface area contributed by atoms with Crippen LogP contribution in [0.1, 0.15) is 17.0 Å². The zero-order valence-corrected chi connectivity index (χ0v) is 13.0. The Morgan fingerprint density at radius 2 is 2.10 bits per heavy atom. The Kier molecular flexibility index (Phi) is 6.01. The molecule has 1 aromatic carbocycles. The molecule has 2 aromatic rings. The van der Waals surface area contributed by atoms with Gasteiger partial charge in [-0.15, -0.1) is 11.8 Å². The molecule has 1 N–H and O–H groups in total. The van der Waals surface area contributed by atoms with E-state index in [1.807, 2.05) is 25.1 Å². The maximum absolute atomic E-state index is 11.7. The summed E-state index contributed by atoms with van der Waals surface area (Å²) in [5.74, 6) is 1.28. The molecule has 1 heterocycles. The number of nitrogens with zero attached hydrogens (tertiary/aromatic N) is 2. The number of carbonyl (C=O) groups is 1. The van der Waals surface area contributed by atoms with Crippen LogP contribution in [0.25, 0.3) is 0 Å². The number of aryl methyl sites for hydroxylation is 1. The molecule has 0 saturated carbocycles. The molecular weight excluding hydrogens is 290 g/mol. The third-order valence-electron chi connectivity index (χ3n) is 2.80. The summed E-state index contributed by atoms with van der Waals surface area (Å²) >= 11 is 2.79. The van der Waals surface area contributed by atoms with Crippen molar-refractivity contribution in [2.75, 3.05) is 12.3 Å². The highest BCUT2D eigenvalue weighted by Gasteiger charge is 2.06. The molecule has 0 unspecified atom stereocenters. The molecule has 106 valence electrons. The van der Waals surface area contributed by atoms with Crippen molar-refractivity contribution in [2.45, 2.75) is 19.1 Å². The Bertz CT molecular complexity index is 542. The number of benzene rings is 1. The summed E-state index contributed by atoms with van der Waals surface area (Å²) in [6, 6.07) is 10.2. The Labute approximate surface area is 127 Å². The zero-order chi connectivity index (χ0) is 14.2. The summed E-state index contributed by atoms with van der Waals surface area (Å²) in [6.07, 6.45) is 0.867. The van der Waals surface area contributed by atoms with Crippen molar-refractivity contribution >= 4 is 29.4 Å². The predicted octanol–water partition coefficient (Wildman–Crippen LogP) is 2.44. The summed E-state index contributed by atoms with van der Waals surface area (Å²) in [5, 5.41) is 2.93. The molecule has 20 heavy (non-hydrogen) atoms. The van der Waals surface area contributed by atoms with Crippen LogP contribution in [0.4, 0.5) is 0 Å². The number of nitrogens with one attached hydrogen (secondary N) is 1. The molecule has 2 rings (SSSR count). The first-order chi connectivity index (χ1) is 9.75. The minimum atomic E-state index is 0.0757. The second kappa shape index (κ2) is 8.01. The number of carbonyl (C=O) groups excluding carboxylic acids is 1. The van der Waals surface area contributed by atoms with E-state index in [1.165, 1.54) is 17.3 Å². The van der Waals surface area contributed by atoms with E-state index in [1.54, 1.807) is 11.8 Å². The average molecular weight is 307 g/mol. The van der Waals surface area contributed by atoms with E-state index in [4.69, 9.17) is 0 Å². The number of hydrogen-bond acceptors (Lipinski definition) is 5. The van der Waals surface area contributed by atoms with Gasteiger partial charge in [0, 0.05) is 12.3 Å². The van der Waals surface area contributed by atoms with Crippen LogP contribution in [-0.2, 0) is 17.0 Å². The van der Waals surface area contributed by atoms with Crippen LogP contribution in [0.15, 0.2) is 30.3 Å². The van der Waals surface area contributed by atoms with Gasteiger partial charge in [0.25, 0.3) is 0 Å². The Balaban J connectivity index is 1.60. The van der Waals surface area contributed by atoms with Gasteiger partial charge in [-0.2, -0.15) is 8.75 Å². The predicted molar refractivity (Wildman–Crippen MR) is 84.0 cm³/mol. The van der Waals surface area contributed by atoms with Gasteiger partial charge in [0.2, 0.25) is 5.91 Å². The lowest BCUT2D eigenvalue weighted by Gasteiger charge is -2.05. The van der Waals surface area contributed by atoms with E-state index in [0.29, 0.717) is 12.3 Å². The van der Waals surface area contributed by atoms with E-state index in [9.17, 15) is 4.79 Å². The lowest BCUT2D eigenvalue weighted by Crippen LogP contribution is -2.27. The first-order valence-corrected chi connectivity index (χ1v) is 8.30. The minimum absolute atomic E-state index is 0.0757. The molecule has 6 heteroatoms. The van der Waals surface area contributed by atoms with Gasteiger partial charge in [0.05, 0.1) is 28.9 Å². The third-order valence-corrected chi connectivity index (χ3v) is 4.40. The second-order valence-electron chi connectivity index (χ2n) is 4.37. The van der Waals surface area contributed by atoms with Gasteiger partial charge in [-0.05, 0) is 18.9 Å². The molecule has 1 aromatic heterocycles. The van der Waals surface area contributed by atoms with E-state index in [2.05, 4.69) is 26.2 Å². The van der Waals surface area contributed by atoms with E-state index in [-0.39, 0.29) is 5.91 Å². The van der Waals surface area contributed by atoms with Crippen molar-refractivity contribution in [3.8, 4) is 0 Å². The molecule has 0 bridgehead atoms. The standard InChI is InChI=1S/C14H17N3OS2/c1-11-13(17-20-16-11)9-19-10-14(18)15-8-7-12-5-3-2-4-6-12/h2-6H,7-10H2,1H3,(H,15,18). The van der Waals surface area contributed by atoms with E-state index >= 15 is 0 Å². The number of amides is 1. The van der Waals surface area contributed by atoms with Crippen molar-refractivity contribution in [1.82, 2.24) is 14.1 Å². The fourth-order valence-corrected chi connectivity index (χ4v) is 3.16. The van der Waals surface area contributed by atoms with Crippen molar-refractivity contribution in [3.05, 3.63) is 47.3 Å². The molecule has 0 spiro atoms. The van der Waals surface area contributed by atoms with Crippen molar-refractivity contribution in [1.29, 1.82) is 0 Å². The summed E-state index contributed by atoms with van der Waals surface area (Å²) < 4.78 is 8.31. The highest BCUT2D eigenvalue weighted by atomic mass is 32.2. The van der Waals surface area contributed by atoms with Gasteiger partial charge in [-0.1, -0.05) is 30.3 Å². The maximum atomic E-state index is 11.7. The fourth-order valence-electron chi connectivity index (χ4n) is 1.66. The maximum Gasteiger partial charge on any atom is 0.230 e. The van der Waals surface area contributed by atoms with Gasteiger partial charge in [-0.25, -0.2) is 0 Å². The zero-order valence-electron chi connectivity index (χ0n) is 11.3. The lowest BCUT2D eigenvalue weighted by molar-refractivity contribution is -0.118. The first kappa shape index (κ1) is 15.0. The van der Waals surface area contributed by atoms with E-state index in [0.717, 1.165) is 23.6 Å². The van der Waals surface area contributed by atoms with Crippen molar-refractivity contribution in [3.63, 3.8) is 0 Å². The normalized spacial score (nSPS) is 10.4. The summed E-state index contributed by atoms with van der Waals surface area (Å²) in [5.41, 5.74) is 3.19. The smallest absolute Gasteiger partial charge is 0.230 e. The van der Waals surface area contributed by atoms with Crippen LogP contribution in [0.3, 0.4) is 0 Å². The highest BCUT2D eigenvalue weighted by molar-refractivity contribution is 7.99. The molecule has 0 aliphatic rings. The highest BCUT2D eigenvalue weighted by Crippen LogP contribution is 2.13.